The van der Waals surface area contributed by atoms with Gasteiger partial charge >= 0.3 is 5.97 Å². The van der Waals surface area contributed by atoms with Crippen molar-refractivity contribution >= 4 is 40.9 Å². The SMILES string of the molecule is CCOC(=O)[C@@H](C)N1C(=O)S/C(=C/c2ccc(-c3cc(C(=O)[O-])ccc3C)o2)C1=O. The van der Waals surface area contributed by atoms with Gasteiger partial charge in [0.15, 0.2) is 0 Å². The first-order valence-corrected chi connectivity index (χ1v) is 9.90. The number of nitrogens with zero attached hydrogens (tertiary/aromatic N) is 1. The largest absolute Gasteiger partial charge is 0.545 e. The average Bonchev–Trinajstić information content (AvgIpc) is 3.26. The Kier molecular flexibility index (Phi) is 6.12. The van der Waals surface area contributed by atoms with Crippen LogP contribution in [0.15, 0.2) is 39.7 Å². The standard InChI is InChI=1S/C21H19NO7S/c1-4-28-20(26)12(3)22-18(23)17(30-21(22)27)10-14-7-8-16(29-14)15-9-13(19(24)25)6-5-11(15)2/h5-10,12H,4H2,1-3H3,(H,24,25)/p-1/b17-10+/t12-/m1/s1. The molecule has 1 saturated heterocycles. The van der Waals surface area contributed by atoms with Gasteiger partial charge in [0, 0.05) is 11.6 Å². The molecule has 0 aliphatic carbocycles. The molecule has 0 radical (unpaired) electrons. The summed E-state index contributed by atoms with van der Waals surface area (Å²) < 4.78 is 10.6. The number of benzene rings is 1. The number of hydrogen-bond acceptors (Lipinski definition) is 8. The Hall–Kier alpha value is -3.33. The first kappa shape index (κ1) is 21.4. The number of aromatic carboxylic acids is 1. The summed E-state index contributed by atoms with van der Waals surface area (Å²) in [6.45, 7) is 5.01. The van der Waals surface area contributed by atoms with Crippen LogP contribution < -0.4 is 5.11 Å². The van der Waals surface area contributed by atoms with Crippen LogP contribution in [0.1, 0.15) is 35.5 Å². The second-order valence-electron chi connectivity index (χ2n) is 6.50. The van der Waals surface area contributed by atoms with Crippen LogP contribution >= 0.6 is 11.8 Å². The van der Waals surface area contributed by atoms with E-state index in [4.69, 9.17) is 9.15 Å². The van der Waals surface area contributed by atoms with Crippen LogP contribution in [0.3, 0.4) is 0 Å². The molecule has 2 heterocycles. The van der Waals surface area contributed by atoms with Crippen molar-refractivity contribution in [3.63, 3.8) is 0 Å². The van der Waals surface area contributed by atoms with Crippen molar-refractivity contribution in [2.75, 3.05) is 6.61 Å². The van der Waals surface area contributed by atoms with Gasteiger partial charge in [-0.05, 0) is 61.9 Å². The number of imide groups is 1. The zero-order valence-corrected chi connectivity index (χ0v) is 17.3. The minimum atomic E-state index is -1.30. The molecule has 30 heavy (non-hydrogen) atoms. The molecule has 8 nitrogen and oxygen atoms in total. The van der Waals surface area contributed by atoms with E-state index >= 15 is 0 Å². The Morgan fingerprint density at radius 3 is 2.67 bits per heavy atom. The molecule has 0 saturated carbocycles. The first-order chi connectivity index (χ1) is 14.2. The van der Waals surface area contributed by atoms with Gasteiger partial charge in [-0.3, -0.25) is 14.5 Å². The molecule has 0 bridgehead atoms. The van der Waals surface area contributed by atoms with E-state index in [0.29, 0.717) is 28.8 Å². The van der Waals surface area contributed by atoms with Crippen molar-refractivity contribution in [1.82, 2.24) is 4.90 Å². The molecule has 1 fully saturated rings. The van der Waals surface area contributed by atoms with Crippen molar-refractivity contribution < 1.29 is 33.4 Å². The zero-order chi connectivity index (χ0) is 22.0. The van der Waals surface area contributed by atoms with Crippen LogP contribution in [0.5, 0.6) is 0 Å². The van der Waals surface area contributed by atoms with Crippen LogP contribution in [0.4, 0.5) is 4.79 Å². The maximum Gasteiger partial charge on any atom is 0.329 e. The fourth-order valence-corrected chi connectivity index (χ4v) is 3.79. The highest BCUT2D eigenvalue weighted by molar-refractivity contribution is 8.18. The number of furan rings is 1. The van der Waals surface area contributed by atoms with Crippen LogP contribution in [0.2, 0.25) is 0 Å². The predicted octanol–water partition coefficient (Wildman–Crippen LogP) is 2.61. The quantitative estimate of drug-likeness (QED) is 0.509. The molecule has 1 atom stereocenters. The monoisotopic (exact) mass is 428 g/mol. The number of hydrogen-bond donors (Lipinski definition) is 0. The van der Waals surface area contributed by atoms with Gasteiger partial charge in [0.1, 0.15) is 17.6 Å². The van der Waals surface area contributed by atoms with Crippen LogP contribution in [0.25, 0.3) is 17.4 Å². The number of thioether (sulfide) groups is 1. The highest BCUT2D eigenvalue weighted by Gasteiger charge is 2.41. The fourth-order valence-electron chi connectivity index (χ4n) is 2.90. The Balaban J connectivity index is 1.86. The molecule has 0 spiro atoms. The summed E-state index contributed by atoms with van der Waals surface area (Å²) in [4.78, 5) is 48.8. The summed E-state index contributed by atoms with van der Waals surface area (Å²) in [5.74, 6) is -1.87. The van der Waals surface area contributed by atoms with Gasteiger partial charge in [-0.15, -0.1) is 0 Å². The smallest absolute Gasteiger partial charge is 0.329 e. The first-order valence-electron chi connectivity index (χ1n) is 9.08. The van der Waals surface area contributed by atoms with Gasteiger partial charge in [-0.1, -0.05) is 12.1 Å². The molecule has 1 aliphatic heterocycles. The van der Waals surface area contributed by atoms with Gasteiger partial charge in [-0.25, -0.2) is 4.79 Å². The van der Waals surface area contributed by atoms with E-state index < -0.39 is 29.1 Å². The van der Waals surface area contributed by atoms with Crippen molar-refractivity contribution in [3.8, 4) is 11.3 Å². The minimum absolute atomic E-state index is 0.0163. The molecule has 3 rings (SSSR count). The van der Waals surface area contributed by atoms with E-state index in [1.807, 2.05) is 0 Å². The lowest BCUT2D eigenvalue weighted by molar-refractivity contribution is -0.255. The van der Waals surface area contributed by atoms with Crippen LogP contribution in [0, 0.1) is 6.92 Å². The molecule has 156 valence electrons. The zero-order valence-electron chi connectivity index (χ0n) is 16.5. The van der Waals surface area contributed by atoms with E-state index in [9.17, 15) is 24.3 Å². The molecule has 0 N–H and O–H groups in total. The molecule has 2 aromatic rings. The normalized spacial score (nSPS) is 16.2. The second kappa shape index (κ2) is 8.58. The Bertz CT molecular complexity index is 1070. The Morgan fingerprint density at radius 2 is 2.00 bits per heavy atom. The summed E-state index contributed by atoms with van der Waals surface area (Å²) in [5, 5.41) is 10.5. The number of aryl methyl sites for hydroxylation is 1. The highest BCUT2D eigenvalue weighted by atomic mass is 32.2. The van der Waals surface area contributed by atoms with Gasteiger partial charge in [0.05, 0.1) is 17.5 Å². The predicted molar refractivity (Wildman–Crippen MR) is 107 cm³/mol. The molecule has 1 aliphatic rings. The number of rotatable bonds is 6. The van der Waals surface area contributed by atoms with Gasteiger partial charge < -0.3 is 19.1 Å². The third-order valence-corrected chi connectivity index (χ3v) is 5.36. The van der Waals surface area contributed by atoms with Crippen LogP contribution in [-0.2, 0) is 14.3 Å². The lowest BCUT2D eigenvalue weighted by Crippen LogP contribution is -2.42. The molecule has 1 aromatic heterocycles. The summed E-state index contributed by atoms with van der Waals surface area (Å²) in [6.07, 6.45) is 1.41. The number of carbonyl (C=O) groups is 4. The van der Waals surface area contributed by atoms with Crippen molar-refractivity contribution in [2.45, 2.75) is 26.8 Å². The molecular formula is C21H18NO7S-. The number of carbonyl (C=O) groups excluding carboxylic acids is 4. The number of carboxylic acids is 1. The third-order valence-electron chi connectivity index (χ3n) is 4.48. The lowest BCUT2D eigenvalue weighted by atomic mass is 10.0. The van der Waals surface area contributed by atoms with Crippen molar-refractivity contribution in [1.29, 1.82) is 0 Å². The molecular weight excluding hydrogens is 410 g/mol. The van der Waals surface area contributed by atoms with Gasteiger partial charge in [-0.2, -0.15) is 0 Å². The van der Waals surface area contributed by atoms with E-state index in [2.05, 4.69) is 0 Å². The average molecular weight is 428 g/mol. The Morgan fingerprint density at radius 1 is 1.27 bits per heavy atom. The maximum absolute atomic E-state index is 12.6. The van der Waals surface area contributed by atoms with Gasteiger partial charge in [0.25, 0.3) is 11.1 Å². The summed E-state index contributed by atoms with van der Waals surface area (Å²) >= 11 is 0.700. The van der Waals surface area contributed by atoms with E-state index in [1.165, 1.54) is 25.1 Å². The Labute approximate surface area is 176 Å². The number of amides is 2. The third kappa shape index (κ3) is 4.16. The van der Waals surface area contributed by atoms with Gasteiger partial charge in [0.2, 0.25) is 0 Å². The summed E-state index contributed by atoms with van der Waals surface area (Å²) in [5.41, 5.74) is 1.38. The number of carboxylic acid groups (broad SMARTS) is 1. The number of ether oxygens (including phenoxy) is 1. The molecule has 2 amide bonds. The summed E-state index contributed by atoms with van der Waals surface area (Å²) in [7, 11) is 0. The maximum atomic E-state index is 12.6. The molecule has 0 unspecified atom stereocenters. The molecule has 9 heteroatoms. The van der Waals surface area contributed by atoms with E-state index in [1.54, 1.807) is 32.0 Å². The fraction of sp³-hybridized carbons (Fsp3) is 0.238. The summed E-state index contributed by atoms with van der Waals surface area (Å²) in [6, 6.07) is 6.73. The van der Waals surface area contributed by atoms with E-state index in [-0.39, 0.29) is 17.1 Å². The van der Waals surface area contributed by atoms with Crippen LogP contribution in [-0.4, -0.2) is 40.6 Å². The topological polar surface area (TPSA) is 117 Å². The molecule has 1 aromatic carbocycles. The number of esters is 1. The minimum Gasteiger partial charge on any atom is -0.545 e. The van der Waals surface area contributed by atoms with E-state index in [0.717, 1.165) is 10.5 Å². The van der Waals surface area contributed by atoms with Crippen molar-refractivity contribution in [3.05, 3.63) is 52.1 Å². The lowest BCUT2D eigenvalue weighted by Gasteiger charge is -2.19. The van der Waals surface area contributed by atoms with Crippen molar-refractivity contribution in [2.24, 2.45) is 0 Å². The second-order valence-corrected chi connectivity index (χ2v) is 7.49. The highest BCUT2D eigenvalue weighted by Crippen LogP contribution is 2.35.